The molecular formula is C20H31N5O. The molecule has 2 aromatic rings. The minimum absolute atomic E-state index is 0.634. The fourth-order valence-corrected chi connectivity index (χ4v) is 3.44. The van der Waals surface area contributed by atoms with Crippen LogP contribution in [0.3, 0.4) is 0 Å². The number of likely N-dealkylation sites (N-methyl/N-ethyl adjacent to an activating group) is 1. The molecule has 1 aromatic carbocycles. The SMILES string of the molecule is CCN1CCN(CCNC(=NC)NCc2oc3ccccc3c2C)CC1. The molecule has 2 N–H and O–H groups in total. The molecule has 0 atom stereocenters. The highest BCUT2D eigenvalue weighted by molar-refractivity contribution is 5.82. The number of para-hydroxylation sites is 1. The van der Waals surface area contributed by atoms with Gasteiger partial charge >= 0.3 is 0 Å². The number of aryl methyl sites for hydroxylation is 1. The van der Waals surface area contributed by atoms with Gasteiger partial charge in [0.1, 0.15) is 11.3 Å². The molecule has 1 fully saturated rings. The van der Waals surface area contributed by atoms with E-state index in [4.69, 9.17) is 4.42 Å². The predicted molar refractivity (Wildman–Crippen MR) is 108 cm³/mol. The Labute approximate surface area is 156 Å². The van der Waals surface area contributed by atoms with E-state index in [0.29, 0.717) is 6.54 Å². The third kappa shape index (κ3) is 4.56. The van der Waals surface area contributed by atoms with Crippen LogP contribution < -0.4 is 10.6 Å². The number of hydrogen-bond donors (Lipinski definition) is 2. The van der Waals surface area contributed by atoms with Gasteiger partial charge in [0.2, 0.25) is 0 Å². The molecule has 0 radical (unpaired) electrons. The summed E-state index contributed by atoms with van der Waals surface area (Å²) in [7, 11) is 1.81. The van der Waals surface area contributed by atoms with E-state index < -0.39 is 0 Å². The second-order valence-corrected chi connectivity index (χ2v) is 6.77. The number of piperazine rings is 1. The van der Waals surface area contributed by atoms with Gasteiger partial charge < -0.3 is 20.0 Å². The van der Waals surface area contributed by atoms with Crippen LogP contribution in [0.2, 0.25) is 0 Å². The summed E-state index contributed by atoms with van der Waals surface area (Å²) in [6, 6.07) is 8.16. The Morgan fingerprint density at radius 2 is 1.85 bits per heavy atom. The van der Waals surface area contributed by atoms with Gasteiger partial charge in [0.25, 0.3) is 0 Å². The van der Waals surface area contributed by atoms with Gasteiger partial charge in [0, 0.05) is 57.3 Å². The van der Waals surface area contributed by atoms with Gasteiger partial charge in [-0.25, -0.2) is 0 Å². The summed E-state index contributed by atoms with van der Waals surface area (Å²) >= 11 is 0. The van der Waals surface area contributed by atoms with Crippen LogP contribution >= 0.6 is 0 Å². The normalized spacial score (nSPS) is 17.0. The van der Waals surface area contributed by atoms with E-state index in [1.54, 1.807) is 7.05 Å². The molecule has 26 heavy (non-hydrogen) atoms. The Kier molecular flexibility index (Phi) is 6.52. The number of benzene rings is 1. The third-order valence-corrected chi connectivity index (χ3v) is 5.22. The van der Waals surface area contributed by atoms with Crippen molar-refractivity contribution in [3.05, 3.63) is 35.6 Å². The first kappa shape index (κ1) is 18.7. The highest BCUT2D eigenvalue weighted by Crippen LogP contribution is 2.24. The molecule has 0 aliphatic carbocycles. The standard InChI is InChI=1S/C20H31N5O/c1-4-24-11-13-25(14-12-24)10-9-22-20(21-3)23-15-19-16(2)17-7-5-6-8-18(17)26-19/h5-8H,4,9-15H2,1-3H3,(H2,21,22,23). The van der Waals surface area contributed by atoms with Crippen molar-refractivity contribution in [1.82, 2.24) is 20.4 Å². The smallest absolute Gasteiger partial charge is 0.191 e. The largest absolute Gasteiger partial charge is 0.459 e. The van der Waals surface area contributed by atoms with E-state index in [1.807, 2.05) is 18.2 Å². The van der Waals surface area contributed by atoms with E-state index in [1.165, 1.54) is 24.0 Å². The average Bonchev–Trinajstić information content (AvgIpc) is 3.01. The molecule has 0 saturated carbocycles. The van der Waals surface area contributed by atoms with Crippen LogP contribution in [0.1, 0.15) is 18.2 Å². The molecule has 0 bridgehead atoms. The number of nitrogens with one attached hydrogen (secondary N) is 2. The van der Waals surface area contributed by atoms with E-state index in [9.17, 15) is 0 Å². The first-order valence-electron chi connectivity index (χ1n) is 9.57. The minimum atomic E-state index is 0.634. The number of fused-ring (bicyclic) bond motifs is 1. The fourth-order valence-electron chi connectivity index (χ4n) is 3.44. The topological polar surface area (TPSA) is 56.0 Å². The van der Waals surface area contributed by atoms with Gasteiger partial charge in [0.05, 0.1) is 6.54 Å². The Bertz CT molecular complexity index is 731. The number of rotatable bonds is 6. The molecule has 6 heteroatoms. The maximum absolute atomic E-state index is 5.96. The van der Waals surface area contributed by atoms with Gasteiger partial charge in [-0.15, -0.1) is 0 Å². The van der Waals surface area contributed by atoms with Crippen molar-refractivity contribution < 1.29 is 4.42 Å². The first-order chi connectivity index (χ1) is 12.7. The lowest BCUT2D eigenvalue weighted by Crippen LogP contribution is -2.49. The second-order valence-electron chi connectivity index (χ2n) is 6.77. The molecule has 6 nitrogen and oxygen atoms in total. The summed E-state index contributed by atoms with van der Waals surface area (Å²) < 4.78 is 5.96. The molecule has 1 aromatic heterocycles. The lowest BCUT2D eigenvalue weighted by atomic mass is 10.1. The van der Waals surface area contributed by atoms with Crippen molar-refractivity contribution >= 4 is 16.9 Å². The molecule has 0 unspecified atom stereocenters. The van der Waals surface area contributed by atoms with Gasteiger partial charge in [-0.05, 0) is 19.5 Å². The Hall–Kier alpha value is -2.05. The van der Waals surface area contributed by atoms with Crippen LogP contribution in [0.15, 0.2) is 33.7 Å². The van der Waals surface area contributed by atoms with Crippen molar-refractivity contribution in [2.45, 2.75) is 20.4 Å². The molecule has 142 valence electrons. The number of aliphatic imine (C=N–C) groups is 1. The monoisotopic (exact) mass is 357 g/mol. The van der Waals surface area contributed by atoms with E-state index >= 15 is 0 Å². The number of guanidine groups is 1. The number of nitrogens with zero attached hydrogens (tertiary/aromatic N) is 3. The van der Waals surface area contributed by atoms with Crippen LogP contribution in [-0.4, -0.2) is 68.6 Å². The zero-order chi connectivity index (χ0) is 18.4. The van der Waals surface area contributed by atoms with Gasteiger partial charge in [0.15, 0.2) is 5.96 Å². The molecule has 0 amide bonds. The highest BCUT2D eigenvalue weighted by atomic mass is 16.3. The molecule has 1 aliphatic rings. The molecule has 0 spiro atoms. The van der Waals surface area contributed by atoms with Gasteiger partial charge in [-0.3, -0.25) is 9.89 Å². The van der Waals surface area contributed by atoms with Crippen molar-refractivity contribution in [3.63, 3.8) is 0 Å². The summed E-state index contributed by atoms with van der Waals surface area (Å²) in [5.74, 6) is 1.78. The average molecular weight is 358 g/mol. The Balaban J connectivity index is 1.44. The summed E-state index contributed by atoms with van der Waals surface area (Å²) in [6.45, 7) is 12.7. The predicted octanol–water partition coefficient (Wildman–Crippen LogP) is 2.04. The van der Waals surface area contributed by atoms with Crippen LogP contribution in [0.25, 0.3) is 11.0 Å². The van der Waals surface area contributed by atoms with Gasteiger partial charge in [-0.1, -0.05) is 25.1 Å². The molecule has 1 saturated heterocycles. The van der Waals surface area contributed by atoms with Crippen molar-refractivity contribution in [2.75, 3.05) is 52.9 Å². The number of hydrogen-bond acceptors (Lipinski definition) is 4. The second kappa shape index (κ2) is 9.05. The van der Waals surface area contributed by atoms with E-state index in [2.05, 4.69) is 45.3 Å². The summed E-state index contributed by atoms with van der Waals surface area (Å²) in [5.41, 5.74) is 2.13. The zero-order valence-corrected chi connectivity index (χ0v) is 16.2. The van der Waals surface area contributed by atoms with Gasteiger partial charge in [-0.2, -0.15) is 0 Å². The van der Waals surface area contributed by atoms with Crippen LogP contribution in [0.4, 0.5) is 0 Å². The highest BCUT2D eigenvalue weighted by Gasteiger charge is 2.15. The maximum Gasteiger partial charge on any atom is 0.191 e. The van der Waals surface area contributed by atoms with Crippen molar-refractivity contribution in [1.29, 1.82) is 0 Å². The summed E-state index contributed by atoms with van der Waals surface area (Å²) in [6.07, 6.45) is 0. The number of furan rings is 1. The minimum Gasteiger partial charge on any atom is -0.459 e. The Morgan fingerprint density at radius 1 is 1.12 bits per heavy atom. The molecule has 2 heterocycles. The van der Waals surface area contributed by atoms with Crippen molar-refractivity contribution in [2.24, 2.45) is 4.99 Å². The van der Waals surface area contributed by atoms with E-state index in [-0.39, 0.29) is 0 Å². The third-order valence-electron chi connectivity index (χ3n) is 5.22. The summed E-state index contributed by atoms with van der Waals surface area (Å²) in [5, 5.41) is 7.95. The fraction of sp³-hybridized carbons (Fsp3) is 0.550. The zero-order valence-electron chi connectivity index (χ0n) is 16.2. The lowest BCUT2D eigenvalue weighted by molar-refractivity contribution is 0.139. The summed E-state index contributed by atoms with van der Waals surface area (Å²) in [4.78, 5) is 9.33. The quantitative estimate of drug-likeness (QED) is 0.612. The maximum atomic E-state index is 5.96. The Morgan fingerprint density at radius 3 is 2.54 bits per heavy atom. The van der Waals surface area contributed by atoms with Crippen LogP contribution in [-0.2, 0) is 6.54 Å². The molecule has 3 rings (SSSR count). The molecule has 1 aliphatic heterocycles. The van der Waals surface area contributed by atoms with Crippen molar-refractivity contribution in [3.8, 4) is 0 Å². The molecular weight excluding hydrogens is 326 g/mol. The van der Waals surface area contributed by atoms with Crippen LogP contribution in [0.5, 0.6) is 0 Å². The van der Waals surface area contributed by atoms with E-state index in [0.717, 1.165) is 50.0 Å². The lowest BCUT2D eigenvalue weighted by Gasteiger charge is -2.34. The van der Waals surface area contributed by atoms with Crippen LogP contribution in [0, 0.1) is 6.92 Å². The first-order valence-corrected chi connectivity index (χ1v) is 9.57.